The fourth-order valence-corrected chi connectivity index (χ4v) is 2.95. The Hall–Kier alpha value is -1.81. The van der Waals surface area contributed by atoms with Crippen LogP contribution in [0.15, 0.2) is 29.4 Å². The van der Waals surface area contributed by atoms with Crippen molar-refractivity contribution < 1.29 is 9.53 Å². The molecule has 0 aliphatic carbocycles. The van der Waals surface area contributed by atoms with Crippen LogP contribution >= 0.6 is 24.0 Å². The molecule has 8 heteroatoms. The van der Waals surface area contributed by atoms with Gasteiger partial charge in [0.1, 0.15) is 6.54 Å². The topological polar surface area (TPSA) is 81.8 Å². The number of nitrogens with one attached hydrogen (secondary N) is 3. The molecule has 3 N–H and O–H groups in total. The van der Waals surface area contributed by atoms with E-state index < -0.39 is 0 Å². The molecule has 2 aromatic rings. The van der Waals surface area contributed by atoms with Crippen LogP contribution in [0, 0.1) is 6.92 Å². The summed E-state index contributed by atoms with van der Waals surface area (Å²) in [6.45, 7) is 7.15. The summed E-state index contributed by atoms with van der Waals surface area (Å²) in [7, 11) is 3.47. The monoisotopic (exact) mass is 515 g/mol. The number of benzene rings is 1. The number of halogens is 1. The molecular weight excluding hydrogens is 481 g/mol. The highest BCUT2D eigenvalue weighted by Crippen LogP contribution is 2.22. The number of guanidine groups is 1. The number of fused-ring (bicyclic) bond motifs is 1. The second-order valence-electron chi connectivity index (χ2n) is 6.92. The first-order valence-electron chi connectivity index (χ1n) is 9.88. The van der Waals surface area contributed by atoms with Gasteiger partial charge in [0.15, 0.2) is 5.96 Å². The van der Waals surface area contributed by atoms with E-state index in [-0.39, 0.29) is 36.4 Å². The summed E-state index contributed by atoms with van der Waals surface area (Å²) >= 11 is 0. The molecular formula is C21H34IN5O2. The molecule has 0 unspecified atom stereocenters. The van der Waals surface area contributed by atoms with Gasteiger partial charge in [-0.15, -0.1) is 24.0 Å². The van der Waals surface area contributed by atoms with Crippen LogP contribution in [0.1, 0.15) is 24.5 Å². The third-order valence-corrected chi connectivity index (χ3v) is 4.52. The summed E-state index contributed by atoms with van der Waals surface area (Å²) < 4.78 is 5.36. The van der Waals surface area contributed by atoms with E-state index in [2.05, 4.69) is 51.9 Å². The molecule has 0 spiro atoms. The van der Waals surface area contributed by atoms with Gasteiger partial charge in [-0.05, 0) is 43.9 Å². The minimum Gasteiger partial charge on any atom is -0.382 e. The molecule has 0 saturated carbocycles. The molecule has 2 rings (SSSR count). The Labute approximate surface area is 190 Å². The van der Waals surface area contributed by atoms with Crippen molar-refractivity contribution in [3.8, 4) is 0 Å². The van der Waals surface area contributed by atoms with Crippen molar-refractivity contribution in [3.05, 3.63) is 35.5 Å². The molecule has 0 bridgehead atoms. The first-order chi connectivity index (χ1) is 13.5. The zero-order chi connectivity index (χ0) is 20.4. The van der Waals surface area contributed by atoms with Crippen LogP contribution in [0.3, 0.4) is 0 Å². The number of hydrogen-bond donors (Lipinski definition) is 3. The quantitative estimate of drug-likeness (QED) is 0.197. The van der Waals surface area contributed by atoms with E-state index in [1.807, 2.05) is 6.92 Å². The van der Waals surface area contributed by atoms with Gasteiger partial charge in [0.25, 0.3) is 0 Å². The number of amides is 1. The molecule has 1 heterocycles. The Morgan fingerprint density at radius 3 is 2.72 bits per heavy atom. The van der Waals surface area contributed by atoms with Gasteiger partial charge in [-0.3, -0.25) is 4.79 Å². The van der Waals surface area contributed by atoms with Crippen molar-refractivity contribution in [2.45, 2.75) is 26.7 Å². The zero-order valence-corrected chi connectivity index (χ0v) is 20.2. The minimum atomic E-state index is -0.0253. The lowest BCUT2D eigenvalue weighted by atomic mass is 10.1. The first-order valence-corrected chi connectivity index (χ1v) is 9.88. The van der Waals surface area contributed by atoms with E-state index in [9.17, 15) is 4.79 Å². The smallest absolute Gasteiger partial charge is 0.243 e. The number of nitrogens with zero attached hydrogens (tertiary/aromatic N) is 2. The number of carbonyl (C=O) groups excluding carboxylic acids is 1. The predicted molar refractivity (Wildman–Crippen MR) is 130 cm³/mol. The summed E-state index contributed by atoms with van der Waals surface area (Å²) in [6.07, 6.45) is 3.82. The molecule has 29 heavy (non-hydrogen) atoms. The number of aromatic nitrogens is 1. The van der Waals surface area contributed by atoms with Crippen molar-refractivity contribution in [1.29, 1.82) is 0 Å². The van der Waals surface area contributed by atoms with Gasteiger partial charge >= 0.3 is 0 Å². The second-order valence-corrected chi connectivity index (χ2v) is 6.92. The number of likely N-dealkylation sites (N-methyl/N-ethyl adjacent to an activating group) is 1. The van der Waals surface area contributed by atoms with Crippen LogP contribution in [-0.2, 0) is 16.0 Å². The fraction of sp³-hybridized carbons (Fsp3) is 0.524. The van der Waals surface area contributed by atoms with Crippen LogP contribution in [0.4, 0.5) is 0 Å². The third-order valence-electron chi connectivity index (χ3n) is 4.52. The number of H-pyrrole nitrogens is 1. The van der Waals surface area contributed by atoms with Crippen LogP contribution in [-0.4, -0.2) is 68.7 Å². The number of rotatable bonds is 10. The maximum atomic E-state index is 11.8. The normalized spacial score (nSPS) is 11.2. The Kier molecular flexibility index (Phi) is 11.7. The van der Waals surface area contributed by atoms with E-state index in [4.69, 9.17) is 4.74 Å². The lowest BCUT2D eigenvalue weighted by Crippen LogP contribution is -2.40. The lowest BCUT2D eigenvalue weighted by Gasteiger charge is -2.14. The summed E-state index contributed by atoms with van der Waals surface area (Å²) in [5, 5.41) is 7.91. The minimum absolute atomic E-state index is 0. The average Bonchev–Trinajstić information content (AvgIpc) is 3.09. The van der Waals surface area contributed by atoms with E-state index >= 15 is 0 Å². The number of carbonyl (C=O) groups is 1. The van der Waals surface area contributed by atoms with Gasteiger partial charge in [-0.1, -0.05) is 12.1 Å². The summed E-state index contributed by atoms with van der Waals surface area (Å²) in [5.74, 6) is 0.630. The molecule has 162 valence electrons. The molecule has 1 aromatic carbocycles. The van der Waals surface area contributed by atoms with E-state index in [1.54, 1.807) is 19.0 Å². The number of aromatic amines is 1. The van der Waals surface area contributed by atoms with Gasteiger partial charge in [-0.25, -0.2) is 4.99 Å². The van der Waals surface area contributed by atoms with Crippen molar-refractivity contribution in [3.63, 3.8) is 0 Å². The van der Waals surface area contributed by atoms with Crippen molar-refractivity contribution in [1.82, 2.24) is 20.5 Å². The van der Waals surface area contributed by atoms with Crippen molar-refractivity contribution >= 4 is 46.7 Å². The highest BCUT2D eigenvalue weighted by molar-refractivity contribution is 14.0. The van der Waals surface area contributed by atoms with E-state index in [0.717, 1.165) is 38.1 Å². The maximum Gasteiger partial charge on any atom is 0.243 e. The molecule has 0 atom stereocenters. The van der Waals surface area contributed by atoms with Gasteiger partial charge in [0, 0.05) is 57.5 Å². The molecule has 7 nitrogen and oxygen atoms in total. The van der Waals surface area contributed by atoms with Crippen LogP contribution < -0.4 is 10.6 Å². The molecule has 1 amide bonds. The summed E-state index contributed by atoms with van der Waals surface area (Å²) in [6, 6.07) is 6.29. The fourth-order valence-electron chi connectivity index (χ4n) is 2.95. The Morgan fingerprint density at radius 1 is 1.24 bits per heavy atom. The summed E-state index contributed by atoms with van der Waals surface area (Å²) in [5.41, 5.74) is 3.71. The van der Waals surface area contributed by atoms with Crippen molar-refractivity contribution in [2.24, 2.45) is 4.99 Å². The number of hydrogen-bond acceptors (Lipinski definition) is 3. The molecule has 0 aliphatic heterocycles. The number of ether oxygens (including phenoxy) is 1. The van der Waals surface area contributed by atoms with Gasteiger partial charge < -0.3 is 25.3 Å². The van der Waals surface area contributed by atoms with Crippen LogP contribution in [0.2, 0.25) is 0 Å². The van der Waals surface area contributed by atoms with Crippen LogP contribution in [0.25, 0.3) is 10.9 Å². The Balaban J connectivity index is 0.00000420. The second kappa shape index (κ2) is 13.4. The molecule has 0 fully saturated rings. The average molecular weight is 515 g/mol. The SMILES string of the molecule is CCOCCCNC(=NCC(=O)N(C)C)NCCc1c[nH]c2cccc(C)c12.I. The first kappa shape index (κ1) is 25.2. The van der Waals surface area contributed by atoms with Gasteiger partial charge in [-0.2, -0.15) is 0 Å². The molecule has 1 aromatic heterocycles. The van der Waals surface area contributed by atoms with E-state index in [1.165, 1.54) is 16.5 Å². The number of aryl methyl sites for hydroxylation is 1. The standard InChI is InChI=1S/C21H33N5O2.HI/c1-5-28-13-7-11-22-21(25-15-19(27)26(3)4)23-12-10-17-14-24-18-9-6-8-16(2)20(17)18;/h6,8-9,14,24H,5,7,10-13,15H2,1-4H3,(H2,22,23,25);1H. The highest BCUT2D eigenvalue weighted by Gasteiger charge is 2.07. The lowest BCUT2D eigenvalue weighted by molar-refractivity contribution is -0.127. The summed E-state index contributed by atoms with van der Waals surface area (Å²) in [4.78, 5) is 21.1. The van der Waals surface area contributed by atoms with Gasteiger partial charge in [0.2, 0.25) is 5.91 Å². The Morgan fingerprint density at radius 2 is 2.00 bits per heavy atom. The van der Waals surface area contributed by atoms with Gasteiger partial charge in [0.05, 0.1) is 0 Å². The predicted octanol–water partition coefficient (Wildman–Crippen LogP) is 2.69. The van der Waals surface area contributed by atoms with E-state index in [0.29, 0.717) is 12.6 Å². The third kappa shape index (κ3) is 8.22. The Bertz CT molecular complexity index is 788. The zero-order valence-electron chi connectivity index (χ0n) is 17.9. The maximum absolute atomic E-state index is 11.8. The number of aliphatic imine (C=N–C) groups is 1. The molecule has 0 radical (unpaired) electrons. The largest absolute Gasteiger partial charge is 0.382 e. The molecule has 0 saturated heterocycles. The van der Waals surface area contributed by atoms with Crippen LogP contribution in [0.5, 0.6) is 0 Å². The molecule has 0 aliphatic rings. The van der Waals surface area contributed by atoms with Crippen molar-refractivity contribution in [2.75, 3.05) is 46.9 Å². The highest BCUT2D eigenvalue weighted by atomic mass is 127.